The van der Waals surface area contributed by atoms with Crippen molar-refractivity contribution in [3.63, 3.8) is 0 Å². The maximum Gasteiger partial charge on any atom is 0.305 e. The highest BCUT2D eigenvalue weighted by molar-refractivity contribution is 5.76. The minimum atomic E-state index is -0.660. The van der Waals surface area contributed by atoms with Crippen molar-refractivity contribution in [3.8, 4) is 0 Å². The summed E-state index contributed by atoms with van der Waals surface area (Å²) in [5.41, 5.74) is 0. The molecule has 0 saturated carbocycles. The van der Waals surface area contributed by atoms with E-state index in [4.69, 9.17) is 4.74 Å². The van der Waals surface area contributed by atoms with Crippen LogP contribution in [0.15, 0.2) is 0 Å². The molecular weight excluding hydrogens is 983 g/mol. The van der Waals surface area contributed by atoms with E-state index < -0.39 is 12.1 Å². The van der Waals surface area contributed by atoms with Gasteiger partial charge in [-0.3, -0.25) is 9.59 Å². The number of hydrogen-bond acceptors (Lipinski definition) is 5. The smallest absolute Gasteiger partial charge is 0.305 e. The minimum Gasteiger partial charge on any atom is -0.466 e. The highest BCUT2D eigenvalue weighted by atomic mass is 16.5. The SMILES string of the molecule is CCCCCCCCCCCCCCCCCCCCCC(O)C(CO)NC(=O)CCCCCCCCCCCCCCCCCCCCCCCCCCCCCCCCCCCOC(=O)CCCCCCCCCCCCC. The third-order valence-electron chi connectivity index (χ3n) is 17.9. The maximum absolute atomic E-state index is 12.5. The van der Waals surface area contributed by atoms with E-state index in [9.17, 15) is 19.8 Å². The van der Waals surface area contributed by atoms with Crippen LogP contribution in [-0.2, 0) is 14.3 Å². The Labute approximate surface area is 502 Å². The van der Waals surface area contributed by atoms with Crippen LogP contribution in [-0.4, -0.2) is 47.4 Å². The second-order valence-corrected chi connectivity index (χ2v) is 26.0. The number of unbranched alkanes of at least 4 members (excludes halogenated alkanes) is 60. The molecule has 0 aliphatic heterocycles. The van der Waals surface area contributed by atoms with Crippen molar-refractivity contribution in [3.05, 3.63) is 0 Å². The largest absolute Gasteiger partial charge is 0.466 e. The van der Waals surface area contributed by atoms with Crippen LogP contribution in [0.1, 0.15) is 438 Å². The topological polar surface area (TPSA) is 95.9 Å². The van der Waals surface area contributed by atoms with E-state index >= 15 is 0 Å². The number of carbonyl (C=O) groups excluding carboxylic acids is 2. The summed E-state index contributed by atoms with van der Waals surface area (Å²) in [5, 5.41) is 23.4. The van der Waals surface area contributed by atoms with E-state index in [0.717, 1.165) is 38.5 Å². The molecule has 0 saturated heterocycles. The van der Waals surface area contributed by atoms with Crippen molar-refractivity contribution in [2.45, 2.75) is 450 Å². The lowest BCUT2D eigenvalue weighted by Crippen LogP contribution is -2.45. The quantitative estimate of drug-likeness (QED) is 0.0417. The Morgan fingerprint density at radius 2 is 0.512 bits per heavy atom. The fourth-order valence-corrected chi connectivity index (χ4v) is 12.2. The summed E-state index contributed by atoms with van der Waals surface area (Å²) >= 11 is 0. The zero-order valence-corrected chi connectivity index (χ0v) is 54.9. The van der Waals surface area contributed by atoms with Gasteiger partial charge >= 0.3 is 5.97 Å². The van der Waals surface area contributed by atoms with Crippen LogP contribution < -0.4 is 5.32 Å². The van der Waals surface area contributed by atoms with E-state index in [1.165, 1.54) is 366 Å². The van der Waals surface area contributed by atoms with Crippen LogP contribution in [0.25, 0.3) is 0 Å². The van der Waals surface area contributed by atoms with Crippen molar-refractivity contribution in [2.24, 2.45) is 0 Å². The molecule has 0 fully saturated rings. The van der Waals surface area contributed by atoms with Crippen molar-refractivity contribution in [1.29, 1.82) is 0 Å². The van der Waals surface area contributed by atoms with E-state index in [1.54, 1.807) is 0 Å². The van der Waals surface area contributed by atoms with Gasteiger partial charge in [0.15, 0.2) is 0 Å². The third kappa shape index (κ3) is 66.0. The molecule has 3 N–H and O–H groups in total. The standard InChI is InChI=1S/C74H147NO5/c1-3-5-7-9-11-13-15-16-17-18-34-37-40-43-47-50-54-58-62-66-72(77)71(70-76)75-73(78)67-63-59-55-51-48-44-41-38-35-32-30-28-26-24-22-20-19-21-23-25-27-29-31-33-36-39-42-45-49-53-57-61-65-69-80-74(79)68-64-60-56-52-46-14-12-10-8-6-4-2/h71-72,76-77H,3-70H2,1-2H3,(H,75,78). The number of aliphatic hydroxyl groups excluding tert-OH is 2. The average molecular weight is 1130 g/mol. The predicted molar refractivity (Wildman–Crippen MR) is 352 cm³/mol. The number of amides is 1. The van der Waals surface area contributed by atoms with E-state index in [1.807, 2.05) is 0 Å². The molecule has 6 heteroatoms. The summed E-state index contributed by atoms with van der Waals surface area (Å²) in [4.78, 5) is 24.6. The van der Waals surface area contributed by atoms with Gasteiger partial charge in [-0.15, -0.1) is 0 Å². The van der Waals surface area contributed by atoms with Crippen molar-refractivity contribution < 1.29 is 24.5 Å². The molecule has 2 unspecified atom stereocenters. The molecule has 0 aromatic carbocycles. The summed E-state index contributed by atoms with van der Waals surface area (Å²) in [7, 11) is 0. The molecule has 2 atom stereocenters. The molecule has 0 radical (unpaired) electrons. The maximum atomic E-state index is 12.5. The first kappa shape index (κ1) is 78.9. The lowest BCUT2D eigenvalue weighted by molar-refractivity contribution is -0.143. The molecule has 0 aromatic heterocycles. The van der Waals surface area contributed by atoms with Crippen LogP contribution in [0.5, 0.6) is 0 Å². The molecule has 0 aromatic rings. The van der Waals surface area contributed by atoms with Crippen LogP contribution in [0.3, 0.4) is 0 Å². The Hall–Kier alpha value is -1.14. The number of nitrogens with one attached hydrogen (secondary N) is 1. The van der Waals surface area contributed by atoms with Gasteiger partial charge in [0, 0.05) is 12.8 Å². The summed E-state index contributed by atoms with van der Waals surface area (Å²) in [5.74, 6) is -0.00227. The molecule has 0 aliphatic carbocycles. The number of aliphatic hydroxyl groups is 2. The van der Waals surface area contributed by atoms with Crippen molar-refractivity contribution >= 4 is 11.9 Å². The highest BCUT2D eigenvalue weighted by Crippen LogP contribution is 2.20. The number of hydrogen-bond donors (Lipinski definition) is 3. The van der Waals surface area contributed by atoms with Crippen molar-refractivity contribution in [2.75, 3.05) is 13.2 Å². The molecule has 0 spiro atoms. The first-order chi connectivity index (χ1) is 39.5. The normalized spacial score (nSPS) is 12.4. The van der Waals surface area contributed by atoms with E-state index in [-0.39, 0.29) is 18.5 Å². The number of esters is 1. The molecule has 0 bridgehead atoms. The van der Waals surface area contributed by atoms with Crippen LogP contribution in [0.4, 0.5) is 0 Å². The molecule has 0 aliphatic rings. The summed E-state index contributed by atoms with van der Waals surface area (Å²) in [6.45, 7) is 5.00. The summed E-state index contributed by atoms with van der Waals surface area (Å²) < 4.78 is 5.48. The minimum absolute atomic E-state index is 0.0226. The lowest BCUT2D eigenvalue weighted by Gasteiger charge is -2.22. The van der Waals surface area contributed by atoms with E-state index in [2.05, 4.69) is 19.2 Å². The van der Waals surface area contributed by atoms with Crippen LogP contribution in [0.2, 0.25) is 0 Å². The first-order valence-electron chi connectivity index (χ1n) is 37.3. The zero-order valence-electron chi connectivity index (χ0n) is 54.9. The number of carbonyl (C=O) groups is 2. The predicted octanol–water partition coefficient (Wildman–Crippen LogP) is 24.2. The molecular formula is C74H147NO5. The highest BCUT2D eigenvalue weighted by Gasteiger charge is 2.20. The Morgan fingerprint density at radius 3 is 0.762 bits per heavy atom. The zero-order chi connectivity index (χ0) is 57.8. The van der Waals surface area contributed by atoms with Gasteiger partial charge in [-0.05, 0) is 25.7 Å². The van der Waals surface area contributed by atoms with Gasteiger partial charge in [-0.2, -0.15) is 0 Å². The first-order valence-corrected chi connectivity index (χ1v) is 37.3. The Morgan fingerprint density at radius 1 is 0.300 bits per heavy atom. The third-order valence-corrected chi connectivity index (χ3v) is 17.9. The lowest BCUT2D eigenvalue weighted by atomic mass is 10.0. The van der Waals surface area contributed by atoms with Gasteiger partial charge in [0.05, 0.1) is 25.4 Å². The van der Waals surface area contributed by atoms with E-state index in [0.29, 0.717) is 25.9 Å². The van der Waals surface area contributed by atoms with Gasteiger partial charge < -0.3 is 20.3 Å². The van der Waals surface area contributed by atoms with Gasteiger partial charge in [-0.1, -0.05) is 399 Å². The Balaban J connectivity index is 3.31. The van der Waals surface area contributed by atoms with Crippen LogP contribution >= 0.6 is 0 Å². The Kier molecular flexibility index (Phi) is 69.3. The second kappa shape index (κ2) is 70.3. The second-order valence-electron chi connectivity index (χ2n) is 26.0. The van der Waals surface area contributed by atoms with Crippen molar-refractivity contribution in [1.82, 2.24) is 5.32 Å². The summed E-state index contributed by atoms with van der Waals surface area (Å²) in [6, 6.07) is -0.537. The monoisotopic (exact) mass is 1130 g/mol. The fraction of sp³-hybridized carbons (Fsp3) is 0.973. The molecule has 80 heavy (non-hydrogen) atoms. The van der Waals surface area contributed by atoms with Crippen LogP contribution in [0, 0.1) is 0 Å². The fourth-order valence-electron chi connectivity index (χ4n) is 12.2. The molecule has 478 valence electrons. The van der Waals surface area contributed by atoms with Gasteiger partial charge in [0.1, 0.15) is 0 Å². The van der Waals surface area contributed by atoms with Gasteiger partial charge in [-0.25, -0.2) is 0 Å². The number of rotatable bonds is 71. The van der Waals surface area contributed by atoms with Gasteiger partial charge in [0.25, 0.3) is 0 Å². The molecule has 6 nitrogen and oxygen atoms in total. The molecule has 0 rings (SSSR count). The molecule has 0 heterocycles. The average Bonchev–Trinajstić information content (AvgIpc) is 3.46. The Bertz CT molecular complexity index is 1160. The number of ether oxygens (including phenoxy) is 1. The summed E-state index contributed by atoms with van der Waals surface area (Å²) in [6.07, 6.45) is 86.1. The molecule has 1 amide bonds. The van der Waals surface area contributed by atoms with Gasteiger partial charge in [0.2, 0.25) is 5.91 Å².